The van der Waals surface area contributed by atoms with E-state index in [1.54, 1.807) is 4.40 Å². The van der Waals surface area contributed by atoms with Gasteiger partial charge in [-0.2, -0.15) is 0 Å². The van der Waals surface area contributed by atoms with Crippen molar-refractivity contribution in [3.63, 3.8) is 0 Å². The lowest BCUT2D eigenvalue weighted by Crippen LogP contribution is -2.13. The van der Waals surface area contributed by atoms with Gasteiger partial charge in [-0.15, -0.1) is 11.3 Å². The van der Waals surface area contributed by atoms with Crippen LogP contribution in [-0.2, 0) is 12.8 Å². The molecule has 4 aromatic heterocycles. The van der Waals surface area contributed by atoms with Crippen LogP contribution < -0.4 is 5.56 Å². The second-order valence-electron chi connectivity index (χ2n) is 8.09. The topological polar surface area (TPSA) is 60.4 Å². The minimum Gasteiger partial charge on any atom is -0.430 e. The molecule has 0 atom stereocenters. The zero-order valence-electron chi connectivity index (χ0n) is 16.5. The van der Waals surface area contributed by atoms with Crippen LogP contribution in [0.1, 0.15) is 43.0 Å². The van der Waals surface area contributed by atoms with Crippen LogP contribution in [0.5, 0.6) is 0 Å². The molecule has 7 heteroatoms. The van der Waals surface area contributed by atoms with Gasteiger partial charge in [0.05, 0.1) is 16.8 Å². The Morgan fingerprint density at radius 2 is 1.90 bits per heavy atom. The lowest BCUT2D eigenvalue weighted by Gasteiger charge is -2.11. The van der Waals surface area contributed by atoms with E-state index >= 15 is 0 Å². The van der Waals surface area contributed by atoms with Crippen LogP contribution in [0.2, 0.25) is 5.02 Å². The van der Waals surface area contributed by atoms with Crippen molar-refractivity contribution in [2.24, 2.45) is 0 Å². The average molecular weight is 436 g/mol. The number of hydrogen-bond donors (Lipinski definition) is 0. The second-order valence-corrected chi connectivity index (χ2v) is 9.36. The van der Waals surface area contributed by atoms with Crippen LogP contribution in [-0.4, -0.2) is 14.4 Å². The van der Waals surface area contributed by atoms with Crippen molar-refractivity contribution in [3.8, 4) is 11.3 Å². The van der Waals surface area contributed by atoms with Gasteiger partial charge in [-0.1, -0.05) is 37.6 Å². The number of rotatable bonds is 2. The number of pyridine rings is 1. The van der Waals surface area contributed by atoms with Crippen molar-refractivity contribution >= 4 is 50.1 Å². The fourth-order valence-electron chi connectivity index (χ4n) is 4.57. The molecule has 30 heavy (non-hydrogen) atoms. The van der Waals surface area contributed by atoms with Crippen molar-refractivity contribution in [1.29, 1.82) is 0 Å². The highest BCUT2D eigenvalue weighted by molar-refractivity contribution is 7.15. The zero-order chi connectivity index (χ0) is 20.6. The number of furan rings is 1. The summed E-state index contributed by atoms with van der Waals surface area (Å²) >= 11 is 7.48. The highest BCUT2D eigenvalue weighted by Crippen LogP contribution is 2.38. The molecule has 0 saturated carbocycles. The van der Waals surface area contributed by atoms with E-state index in [-0.39, 0.29) is 11.1 Å². The van der Waals surface area contributed by atoms with E-state index in [9.17, 15) is 4.79 Å². The van der Waals surface area contributed by atoms with E-state index in [4.69, 9.17) is 26.0 Å². The molecule has 5 nitrogen and oxygen atoms in total. The first-order valence-corrected chi connectivity index (χ1v) is 11.3. The smallest absolute Gasteiger partial charge is 0.302 e. The zero-order valence-corrected chi connectivity index (χ0v) is 18.1. The number of aryl methyl sites for hydroxylation is 1. The summed E-state index contributed by atoms with van der Waals surface area (Å²) in [7, 11) is 0. The monoisotopic (exact) mass is 435 g/mol. The third-order valence-corrected chi connectivity index (χ3v) is 6.99. The van der Waals surface area contributed by atoms with Crippen LogP contribution in [0.3, 0.4) is 0 Å². The quantitative estimate of drug-likeness (QED) is 0.342. The number of fused-ring (bicyclic) bond motifs is 6. The number of nitrogens with zero attached hydrogens (tertiary/aromatic N) is 3. The van der Waals surface area contributed by atoms with E-state index < -0.39 is 0 Å². The molecule has 0 unspecified atom stereocenters. The Labute approximate surface area is 181 Å². The molecule has 0 radical (unpaired) electrons. The Hall–Kier alpha value is -2.70. The Morgan fingerprint density at radius 1 is 1.13 bits per heavy atom. The number of aromatic nitrogens is 3. The Kier molecular flexibility index (Phi) is 3.86. The third-order valence-electron chi connectivity index (χ3n) is 5.92. The minimum atomic E-state index is -0.197. The van der Waals surface area contributed by atoms with Crippen LogP contribution >= 0.6 is 22.9 Å². The Morgan fingerprint density at radius 3 is 2.67 bits per heavy atom. The van der Waals surface area contributed by atoms with Gasteiger partial charge in [0.15, 0.2) is 4.96 Å². The fraction of sp³-hybridized carbons (Fsp3) is 0.261. The van der Waals surface area contributed by atoms with Crippen LogP contribution in [0.15, 0.2) is 38.9 Å². The van der Waals surface area contributed by atoms with Gasteiger partial charge in [-0.3, -0.25) is 4.79 Å². The average Bonchev–Trinajstić information content (AvgIpc) is 3.44. The van der Waals surface area contributed by atoms with Crippen molar-refractivity contribution < 1.29 is 4.42 Å². The van der Waals surface area contributed by atoms with Gasteiger partial charge in [-0.05, 0) is 54.0 Å². The molecule has 0 saturated heterocycles. The number of benzene rings is 1. The molecule has 0 fully saturated rings. The van der Waals surface area contributed by atoms with Gasteiger partial charge in [-0.25, -0.2) is 14.4 Å². The molecule has 6 rings (SSSR count). The summed E-state index contributed by atoms with van der Waals surface area (Å²) in [4.78, 5) is 23.8. The van der Waals surface area contributed by atoms with E-state index in [1.807, 2.05) is 29.6 Å². The summed E-state index contributed by atoms with van der Waals surface area (Å²) in [5, 5.41) is 3.53. The Balaban J connectivity index is 1.70. The maximum Gasteiger partial charge on any atom is 0.302 e. The number of halogens is 1. The van der Waals surface area contributed by atoms with Gasteiger partial charge < -0.3 is 4.42 Å². The summed E-state index contributed by atoms with van der Waals surface area (Å²) in [6, 6.07) is 7.45. The molecule has 0 amide bonds. The highest BCUT2D eigenvalue weighted by Gasteiger charge is 2.27. The molecule has 150 valence electrons. The molecule has 5 aromatic rings. The SMILES string of the molecule is CC(C)c1nc2oc3c(=O)n4c(-c5ccc(Cl)cc5)csc4nc3c2c2c1CCC2. The molecule has 1 aliphatic carbocycles. The van der Waals surface area contributed by atoms with Crippen molar-refractivity contribution in [2.45, 2.75) is 39.0 Å². The maximum atomic E-state index is 13.5. The first-order chi connectivity index (χ1) is 14.5. The molecule has 0 bridgehead atoms. The summed E-state index contributed by atoms with van der Waals surface area (Å²) in [6.45, 7) is 4.30. The van der Waals surface area contributed by atoms with Gasteiger partial charge in [0, 0.05) is 10.4 Å². The van der Waals surface area contributed by atoms with E-state index in [0.29, 0.717) is 27.1 Å². The van der Waals surface area contributed by atoms with Gasteiger partial charge in [0.1, 0.15) is 5.52 Å². The standard InChI is InChI=1S/C23H18ClN3O2S/c1-11(2)18-15-5-3-4-14(15)17-19-20(29-21(17)25-18)22(28)27-16(10-30-23(27)26-19)12-6-8-13(24)9-7-12/h6-11H,3-5H2,1-2H3. The Bertz CT molecular complexity index is 1530. The normalized spacial score (nSPS) is 13.9. The first kappa shape index (κ1) is 18.1. The molecule has 1 aliphatic rings. The van der Waals surface area contributed by atoms with Crippen LogP contribution in [0, 0.1) is 0 Å². The van der Waals surface area contributed by atoms with E-state index in [2.05, 4.69) is 13.8 Å². The molecule has 1 aromatic carbocycles. The predicted molar refractivity (Wildman–Crippen MR) is 121 cm³/mol. The highest BCUT2D eigenvalue weighted by atomic mass is 35.5. The number of thiazole rings is 1. The van der Waals surface area contributed by atoms with E-state index in [0.717, 1.165) is 41.6 Å². The molecule has 0 N–H and O–H groups in total. The van der Waals surface area contributed by atoms with Crippen LogP contribution in [0.4, 0.5) is 0 Å². The maximum absolute atomic E-state index is 13.5. The predicted octanol–water partition coefficient (Wildman–Crippen LogP) is 5.98. The lowest BCUT2D eigenvalue weighted by molar-refractivity contribution is 0.639. The van der Waals surface area contributed by atoms with Gasteiger partial charge >= 0.3 is 5.56 Å². The molecular formula is C23H18ClN3O2S. The van der Waals surface area contributed by atoms with Crippen LogP contribution in [0.25, 0.3) is 38.4 Å². The van der Waals surface area contributed by atoms with Gasteiger partial charge in [0.2, 0.25) is 11.3 Å². The first-order valence-electron chi connectivity index (χ1n) is 10.1. The minimum absolute atomic E-state index is 0.197. The lowest BCUT2D eigenvalue weighted by atomic mass is 9.99. The fourth-order valence-corrected chi connectivity index (χ4v) is 5.59. The number of hydrogen-bond acceptors (Lipinski definition) is 5. The second kappa shape index (κ2) is 6.40. The molecular weight excluding hydrogens is 418 g/mol. The largest absolute Gasteiger partial charge is 0.430 e. The third kappa shape index (κ3) is 2.44. The van der Waals surface area contributed by atoms with E-state index in [1.165, 1.54) is 22.5 Å². The molecule has 0 spiro atoms. The van der Waals surface area contributed by atoms with Crippen molar-refractivity contribution in [1.82, 2.24) is 14.4 Å². The molecule has 0 aliphatic heterocycles. The van der Waals surface area contributed by atoms with Gasteiger partial charge in [0.25, 0.3) is 0 Å². The molecule has 4 heterocycles. The van der Waals surface area contributed by atoms with Crippen molar-refractivity contribution in [3.05, 3.63) is 61.8 Å². The summed E-state index contributed by atoms with van der Waals surface area (Å²) < 4.78 is 7.69. The summed E-state index contributed by atoms with van der Waals surface area (Å²) in [5.41, 5.74) is 6.60. The summed E-state index contributed by atoms with van der Waals surface area (Å²) in [6.07, 6.45) is 3.10. The van der Waals surface area contributed by atoms with Crippen molar-refractivity contribution in [2.75, 3.05) is 0 Å². The summed E-state index contributed by atoms with van der Waals surface area (Å²) in [5.74, 6) is 0.309.